The lowest BCUT2D eigenvalue weighted by atomic mass is 10.0. The zero-order valence-corrected chi connectivity index (χ0v) is 7.69. The van der Waals surface area contributed by atoms with Crippen LogP contribution in [0.1, 0.15) is 11.1 Å². The topological polar surface area (TPSA) is 86.2 Å². The molecule has 0 aliphatic rings. The molecule has 0 spiro atoms. The van der Waals surface area contributed by atoms with Gasteiger partial charge in [0.15, 0.2) is 0 Å². The van der Waals surface area contributed by atoms with Crippen LogP contribution in [0.25, 0.3) is 0 Å². The molecule has 1 amide bonds. The molecule has 0 atom stereocenters. The van der Waals surface area contributed by atoms with E-state index < -0.39 is 10.8 Å². The number of non-ortho nitro benzene ring substituents is 1. The minimum atomic E-state index is -0.496. The van der Waals surface area contributed by atoms with Crippen LogP contribution in [0.2, 0.25) is 0 Å². The molecule has 0 fully saturated rings. The number of nitrogens with zero attached hydrogens (tertiary/aromatic N) is 1. The van der Waals surface area contributed by atoms with Gasteiger partial charge in [-0.25, -0.2) is 0 Å². The summed E-state index contributed by atoms with van der Waals surface area (Å²) in [5.74, 6) is -0.492. The summed E-state index contributed by atoms with van der Waals surface area (Å²) in [6.07, 6.45) is 0.0352. The largest absolute Gasteiger partial charge is 0.369 e. The second kappa shape index (κ2) is 3.87. The molecule has 0 radical (unpaired) electrons. The number of nitro groups is 1. The molecule has 5 nitrogen and oxygen atoms in total. The first kappa shape index (κ1) is 10.2. The minimum Gasteiger partial charge on any atom is -0.369 e. The standard InChI is InChI=1S/C9H10N2O3/c1-6-2-3-8(11(13)14)4-7(6)5-9(10)12/h2-4H,5H2,1H3,(H2,10,12). The highest BCUT2D eigenvalue weighted by Gasteiger charge is 2.09. The first-order chi connectivity index (χ1) is 6.50. The highest BCUT2D eigenvalue weighted by Crippen LogP contribution is 2.17. The van der Waals surface area contributed by atoms with E-state index in [0.29, 0.717) is 5.56 Å². The van der Waals surface area contributed by atoms with Crippen molar-refractivity contribution in [2.24, 2.45) is 5.73 Å². The number of nitrogens with two attached hydrogens (primary N) is 1. The van der Waals surface area contributed by atoms with E-state index >= 15 is 0 Å². The number of carbonyl (C=O) groups is 1. The van der Waals surface area contributed by atoms with Crippen molar-refractivity contribution in [3.05, 3.63) is 39.4 Å². The van der Waals surface area contributed by atoms with Crippen LogP contribution in [-0.2, 0) is 11.2 Å². The van der Waals surface area contributed by atoms with E-state index in [1.165, 1.54) is 12.1 Å². The van der Waals surface area contributed by atoms with E-state index in [-0.39, 0.29) is 12.1 Å². The average Bonchev–Trinajstić information content (AvgIpc) is 2.07. The number of benzene rings is 1. The number of nitro benzene ring substituents is 1. The molecule has 0 heterocycles. The molecule has 5 heteroatoms. The molecule has 1 aromatic carbocycles. The van der Waals surface area contributed by atoms with Gasteiger partial charge in [-0.15, -0.1) is 0 Å². The van der Waals surface area contributed by atoms with Gasteiger partial charge in [0, 0.05) is 12.1 Å². The van der Waals surface area contributed by atoms with Gasteiger partial charge in [-0.05, 0) is 18.1 Å². The summed E-state index contributed by atoms with van der Waals surface area (Å²) >= 11 is 0. The highest BCUT2D eigenvalue weighted by atomic mass is 16.6. The van der Waals surface area contributed by atoms with Gasteiger partial charge in [0.1, 0.15) is 0 Å². The molecule has 0 aromatic heterocycles. The number of amides is 1. The number of hydrogen-bond donors (Lipinski definition) is 1. The van der Waals surface area contributed by atoms with Crippen molar-refractivity contribution in [3.63, 3.8) is 0 Å². The van der Waals surface area contributed by atoms with Crippen molar-refractivity contribution in [2.45, 2.75) is 13.3 Å². The molecule has 1 rings (SSSR count). The molecule has 0 aliphatic heterocycles. The van der Waals surface area contributed by atoms with Crippen LogP contribution in [0.15, 0.2) is 18.2 Å². The van der Waals surface area contributed by atoms with Gasteiger partial charge in [0.05, 0.1) is 11.3 Å². The van der Waals surface area contributed by atoms with Gasteiger partial charge >= 0.3 is 0 Å². The maximum Gasteiger partial charge on any atom is 0.269 e. The van der Waals surface area contributed by atoms with Crippen LogP contribution in [0.5, 0.6) is 0 Å². The third-order valence-corrected chi connectivity index (χ3v) is 1.91. The molecule has 74 valence electrons. The summed E-state index contributed by atoms with van der Waals surface area (Å²) < 4.78 is 0. The Hall–Kier alpha value is -1.91. The predicted octanol–water partition coefficient (Wildman–Crippen LogP) is 0.931. The molecule has 0 unspecified atom stereocenters. The third kappa shape index (κ3) is 2.29. The number of carbonyl (C=O) groups excluding carboxylic acids is 1. The smallest absolute Gasteiger partial charge is 0.269 e. The van der Waals surface area contributed by atoms with Crippen LogP contribution in [0, 0.1) is 17.0 Å². The number of primary amides is 1. The predicted molar refractivity (Wildman–Crippen MR) is 50.7 cm³/mol. The van der Waals surface area contributed by atoms with E-state index in [1.807, 2.05) is 0 Å². The van der Waals surface area contributed by atoms with Gasteiger partial charge in [-0.2, -0.15) is 0 Å². The quantitative estimate of drug-likeness (QED) is 0.573. The second-order valence-corrected chi connectivity index (χ2v) is 3.01. The Morgan fingerprint density at radius 1 is 1.57 bits per heavy atom. The van der Waals surface area contributed by atoms with Crippen molar-refractivity contribution in [1.82, 2.24) is 0 Å². The molecule has 0 saturated carbocycles. The van der Waals surface area contributed by atoms with Crippen LogP contribution in [0.4, 0.5) is 5.69 Å². The fraction of sp³-hybridized carbons (Fsp3) is 0.222. The van der Waals surface area contributed by atoms with E-state index in [9.17, 15) is 14.9 Å². The maximum absolute atomic E-state index is 10.7. The number of rotatable bonds is 3. The Balaban J connectivity index is 3.08. The molecule has 2 N–H and O–H groups in total. The summed E-state index contributed by atoms with van der Waals surface area (Å²) in [4.78, 5) is 20.6. The Kier molecular flexibility index (Phi) is 2.81. The highest BCUT2D eigenvalue weighted by molar-refractivity contribution is 5.77. The zero-order valence-electron chi connectivity index (χ0n) is 7.69. The maximum atomic E-state index is 10.7. The van der Waals surface area contributed by atoms with Crippen molar-refractivity contribution in [2.75, 3.05) is 0 Å². The van der Waals surface area contributed by atoms with E-state index in [1.54, 1.807) is 13.0 Å². The van der Waals surface area contributed by atoms with E-state index in [2.05, 4.69) is 0 Å². The van der Waals surface area contributed by atoms with Gasteiger partial charge in [0.25, 0.3) is 5.69 Å². The molecule has 0 bridgehead atoms. The lowest BCUT2D eigenvalue weighted by molar-refractivity contribution is -0.384. The molecular weight excluding hydrogens is 184 g/mol. The lowest BCUT2D eigenvalue weighted by Gasteiger charge is -2.02. The molecule has 1 aromatic rings. The minimum absolute atomic E-state index is 0.0214. The van der Waals surface area contributed by atoms with Crippen LogP contribution >= 0.6 is 0 Å². The fourth-order valence-electron chi connectivity index (χ4n) is 1.15. The monoisotopic (exact) mass is 194 g/mol. The normalized spacial score (nSPS) is 9.79. The Bertz CT molecular complexity index is 388. The average molecular weight is 194 g/mol. The number of hydrogen-bond acceptors (Lipinski definition) is 3. The van der Waals surface area contributed by atoms with Crippen molar-refractivity contribution in [1.29, 1.82) is 0 Å². The van der Waals surface area contributed by atoms with Crippen LogP contribution < -0.4 is 5.73 Å². The summed E-state index contributed by atoms with van der Waals surface area (Å²) in [5.41, 5.74) is 6.42. The van der Waals surface area contributed by atoms with Gasteiger partial charge in [0.2, 0.25) is 5.91 Å². The summed E-state index contributed by atoms with van der Waals surface area (Å²) in [6, 6.07) is 4.39. The van der Waals surface area contributed by atoms with Crippen molar-refractivity contribution in [3.8, 4) is 0 Å². The lowest BCUT2D eigenvalue weighted by Crippen LogP contribution is -2.14. The number of aryl methyl sites for hydroxylation is 1. The van der Waals surface area contributed by atoms with Crippen LogP contribution in [0.3, 0.4) is 0 Å². The Morgan fingerprint density at radius 2 is 2.21 bits per heavy atom. The molecule has 0 aliphatic carbocycles. The van der Waals surface area contributed by atoms with Crippen molar-refractivity contribution < 1.29 is 9.72 Å². The third-order valence-electron chi connectivity index (χ3n) is 1.91. The fourth-order valence-corrected chi connectivity index (χ4v) is 1.15. The molecule has 14 heavy (non-hydrogen) atoms. The zero-order chi connectivity index (χ0) is 10.7. The summed E-state index contributed by atoms with van der Waals surface area (Å²) in [5, 5.41) is 10.4. The van der Waals surface area contributed by atoms with Gasteiger partial charge in [-0.3, -0.25) is 14.9 Å². The Labute approximate surface area is 80.7 Å². The van der Waals surface area contributed by atoms with E-state index in [0.717, 1.165) is 5.56 Å². The summed E-state index contributed by atoms with van der Waals surface area (Å²) in [7, 11) is 0. The van der Waals surface area contributed by atoms with Gasteiger partial charge < -0.3 is 5.73 Å². The molecular formula is C9H10N2O3. The van der Waals surface area contributed by atoms with Crippen molar-refractivity contribution >= 4 is 11.6 Å². The first-order valence-electron chi connectivity index (χ1n) is 4.03. The summed E-state index contributed by atoms with van der Waals surface area (Å²) in [6.45, 7) is 1.78. The van der Waals surface area contributed by atoms with Gasteiger partial charge in [-0.1, -0.05) is 6.07 Å². The second-order valence-electron chi connectivity index (χ2n) is 3.01. The molecule has 0 saturated heterocycles. The van der Waals surface area contributed by atoms with Crippen LogP contribution in [-0.4, -0.2) is 10.8 Å². The SMILES string of the molecule is Cc1ccc([N+](=O)[O-])cc1CC(N)=O. The van der Waals surface area contributed by atoms with E-state index in [4.69, 9.17) is 5.73 Å². The first-order valence-corrected chi connectivity index (χ1v) is 4.03. The Morgan fingerprint density at radius 3 is 2.71 bits per heavy atom.